The molecule has 0 saturated heterocycles. The topological polar surface area (TPSA) is 23.9 Å². The summed E-state index contributed by atoms with van der Waals surface area (Å²) in [4.78, 5) is 0. The summed E-state index contributed by atoms with van der Waals surface area (Å²) in [5.74, 6) is 0. The molecule has 0 amide bonds. The Morgan fingerprint density at radius 3 is 1.38 bits per heavy atom. The van der Waals surface area contributed by atoms with Gasteiger partial charge in [-0.3, -0.25) is 0 Å². The molecule has 0 aliphatic carbocycles. The first-order valence-corrected chi connectivity index (χ1v) is 17.6. The third kappa shape index (κ3) is 3.44. The van der Waals surface area contributed by atoms with Crippen LogP contribution in [0, 0.1) is 3.76 Å². The molecule has 0 atom stereocenters. The molecular formula is C3H8Cl3NTa. The van der Waals surface area contributed by atoms with Gasteiger partial charge < -0.3 is 0 Å². The minimum atomic E-state index is -4.34. The van der Waals surface area contributed by atoms with Crippen LogP contribution < -0.4 is 0 Å². The van der Waals surface area contributed by atoms with Crippen LogP contribution in [0.25, 0.3) is 0 Å². The van der Waals surface area contributed by atoms with Crippen molar-refractivity contribution in [2.24, 2.45) is 0 Å². The molecule has 0 aliphatic heterocycles. The van der Waals surface area contributed by atoms with E-state index < -0.39 is 12.4 Å². The van der Waals surface area contributed by atoms with Crippen LogP contribution in [-0.4, -0.2) is 0 Å². The molecule has 1 nitrogen and oxygen atoms in total. The van der Waals surface area contributed by atoms with Crippen molar-refractivity contribution >= 4 is 27.6 Å². The van der Waals surface area contributed by atoms with Gasteiger partial charge in [0.25, 0.3) is 0 Å². The maximum absolute atomic E-state index is 7.25. The molecule has 51 valence electrons. The molecule has 0 radical (unpaired) electrons. The van der Waals surface area contributed by atoms with E-state index in [1.165, 1.54) is 0 Å². The van der Waals surface area contributed by atoms with E-state index in [0.717, 1.165) is 0 Å². The summed E-state index contributed by atoms with van der Waals surface area (Å²) < 4.78 is 7.17. The second-order valence-corrected chi connectivity index (χ2v) is 33.4. The molecule has 0 heterocycles. The summed E-state index contributed by atoms with van der Waals surface area (Å²) in [6.07, 6.45) is 0. The van der Waals surface area contributed by atoms with Gasteiger partial charge in [-0.2, -0.15) is 0 Å². The van der Waals surface area contributed by atoms with Gasteiger partial charge in [0.05, 0.1) is 0 Å². The number of nitrogens with one attached hydrogen (secondary N) is 1. The fourth-order valence-corrected chi connectivity index (χ4v) is 0. The van der Waals surface area contributed by atoms with E-state index in [9.17, 15) is 0 Å². The van der Waals surface area contributed by atoms with E-state index in [0.29, 0.717) is 0 Å². The van der Waals surface area contributed by atoms with Gasteiger partial charge in [0, 0.05) is 0 Å². The molecule has 0 aliphatic rings. The van der Waals surface area contributed by atoms with Crippen LogP contribution >= 0.6 is 27.6 Å². The Kier molecular flexibility index (Phi) is 2.62. The molecule has 5 heteroatoms. The van der Waals surface area contributed by atoms with Gasteiger partial charge in [0.2, 0.25) is 0 Å². The molecule has 0 aromatic heterocycles. The average molecular weight is 345 g/mol. The maximum atomic E-state index is 7.25. The number of hydrogen-bond donors (Lipinski definition) is 1. The van der Waals surface area contributed by atoms with Gasteiger partial charge in [-0.15, -0.1) is 0 Å². The molecule has 0 saturated carbocycles. The fraction of sp³-hybridized carbons (Fsp3) is 1.00. The Morgan fingerprint density at radius 2 is 1.38 bits per heavy atom. The Labute approximate surface area is 61.4 Å². The predicted molar refractivity (Wildman–Crippen MR) is 35.4 cm³/mol. The van der Waals surface area contributed by atoms with Crippen LogP contribution in [0.2, 0.25) is 4.14 Å². The third-order valence-electron chi connectivity index (χ3n) is 0.844. The third-order valence-corrected chi connectivity index (χ3v) is 16.5. The van der Waals surface area contributed by atoms with Crippen molar-refractivity contribution in [3.63, 3.8) is 0 Å². The average Bonchev–Trinajstić information content (AvgIpc) is 1.27. The van der Waals surface area contributed by atoms with Crippen LogP contribution in [0.15, 0.2) is 0 Å². The van der Waals surface area contributed by atoms with E-state index in [-0.39, 0.29) is 4.14 Å². The predicted octanol–water partition coefficient (Wildman–Crippen LogP) is 3.73. The SMILES string of the molecule is C[CH](C)[Ta](=[NH])([Cl])([Cl])[Cl]. The van der Waals surface area contributed by atoms with Gasteiger partial charge in [-0.1, -0.05) is 0 Å². The van der Waals surface area contributed by atoms with Crippen LogP contribution in [0.1, 0.15) is 13.8 Å². The molecule has 0 aromatic rings. The second-order valence-electron chi connectivity index (χ2n) is 1.96. The summed E-state index contributed by atoms with van der Waals surface area (Å²) in [6, 6.07) is 0. The first-order valence-electron chi connectivity index (χ1n) is 2.14. The molecular weight excluding hydrogens is 337 g/mol. The minimum absolute atomic E-state index is 0.0778. The summed E-state index contributed by atoms with van der Waals surface area (Å²) in [6.45, 7) is 3.54. The van der Waals surface area contributed by atoms with Crippen LogP contribution in [0.4, 0.5) is 0 Å². The molecule has 8 heavy (non-hydrogen) atoms. The van der Waals surface area contributed by atoms with Crippen LogP contribution in [0.5, 0.6) is 0 Å². The Balaban J connectivity index is 4.40. The zero-order chi connectivity index (χ0) is 7.02. The van der Waals surface area contributed by atoms with Gasteiger partial charge in [-0.25, -0.2) is 0 Å². The first kappa shape index (κ1) is 9.41. The van der Waals surface area contributed by atoms with E-state index in [1.807, 2.05) is 0 Å². The Hall–Kier alpha value is 1.41. The second kappa shape index (κ2) is 2.22. The van der Waals surface area contributed by atoms with Crippen molar-refractivity contribution < 1.29 is 12.4 Å². The molecule has 0 unspecified atom stereocenters. The van der Waals surface area contributed by atoms with Crippen LogP contribution in [-0.2, 0) is 12.4 Å². The van der Waals surface area contributed by atoms with Crippen molar-refractivity contribution in [1.29, 1.82) is 3.76 Å². The van der Waals surface area contributed by atoms with E-state index in [1.54, 1.807) is 13.8 Å². The number of halogens is 3. The monoisotopic (exact) mass is 344 g/mol. The number of hydrogen-bond acceptors (Lipinski definition) is 1. The summed E-state index contributed by atoms with van der Waals surface area (Å²) in [7, 11) is 16.6. The molecule has 0 aromatic carbocycles. The zero-order valence-electron chi connectivity index (χ0n) is 4.66. The summed E-state index contributed by atoms with van der Waals surface area (Å²) in [5, 5.41) is 0. The Morgan fingerprint density at radius 1 is 1.25 bits per heavy atom. The van der Waals surface area contributed by atoms with Gasteiger partial charge in [-0.05, 0) is 0 Å². The zero-order valence-corrected chi connectivity index (χ0v) is 10.1. The first-order chi connectivity index (χ1) is 3.20. The molecule has 1 N–H and O–H groups in total. The number of rotatable bonds is 1. The van der Waals surface area contributed by atoms with E-state index in [4.69, 9.17) is 31.3 Å². The van der Waals surface area contributed by atoms with Crippen LogP contribution in [0.3, 0.4) is 0 Å². The van der Waals surface area contributed by atoms with E-state index in [2.05, 4.69) is 0 Å². The molecule has 0 fully saturated rings. The van der Waals surface area contributed by atoms with Gasteiger partial charge >= 0.3 is 61.7 Å². The molecule has 0 spiro atoms. The van der Waals surface area contributed by atoms with Crippen molar-refractivity contribution in [3.05, 3.63) is 0 Å². The molecule has 0 bridgehead atoms. The fourth-order valence-electron chi connectivity index (χ4n) is 0. The quantitative estimate of drug-likeness (QED) is 0.749. The normalized spacial score (nSPS) is 18.0. The van der Waals surface area contributed by atoms with Crippen molar-refractivity contribution in [3.8, 4) is 0 Å². The van der Waals surface area contributed by atoms with E-state index >= 15 is 0 Å². The summed E-state index contributed by atoms with van der Waals surface area (Å²) >= 11 is -4.34. The van der Waals surface area contributed by atoms with Crippen molar-refractivity contribution in [2.75, 3.05) is 0 Å². The standard InChI is InChI=1S/C3H7.3ClH.HN.Ta/c1-3-2;;;;;/h3H,1-2H3;4*1H;/q;;;;;+3/p-3. The van der Waals surface area contributed by atoms with Crippen molar-refractivity contribution in [1.82, 2.24) is 0 Å². The Bertz CT molecular complexity index is 136. The van der Waals surface area contributed by atoms with Gasteiger partial charge in [0.1, 0.15) is 0 Å². The summed E-state index contributed by atoms with van der Waals surface area (Å²) in [5.41, 5.74) is 0. The molecule has 0 rings (SSSR count). The van der Waals surface area contributed by atoms with Gasteiger partial charge in [0.15, 0.2) is 0 Å². The van der Waals surface area contributed by atoms with Crippen molar-refractivity contribution in [2.45, 2.75) is 18.0 Å².